The van der Waals surface area contributed by atoms with Gasteiger partial charge in [-0.25, -0.2) is 0 Å². The minimum absolute atomic E-state index is 0.566. The molecule has 90 valence electrons. The minimum Gasteiger partial charge on any atom is -0.316 e. The minimum atomic E-state index is 0.566. The number of nitrogens with one attached hydrogen (secondary N) is 1. The molecule has 0 bridgehead atoms. The molecule has 16 heavy (non-hydrogen) atoms. The predicted molar refractivity (Wildman–Crippen MR) is 65.3 cm³/mol. The standard InChI is InChI=1S/C12H22N4/c1-11(9-16-8-4-6-14-16)15-7-3-5-12(10-15)13-2/h4,6,8,11-13H,3,5,7,9-10H2,1-2H3. The van der Waals surface area contributed by atoms with Crippen molar-refractivity contribution in [2.24, 2.45) is 0 Å². The van der Waals surface area contributed by atoms with Gasteiger partial charge in [-0.2, -0.15) is 5.10 Å². The fourth-order valence-electron chi connectivity index (χ4n) is 2.44. The molecule has 1 aliphatic rings. The van der Waals surface area contributed by atoms with Crippen LogP contribution in [0.15, 0.2) is 18.5 Å². The zero-order valence-corrected chi connectivity index (χ0v) is 10.3. The van der Waals surface area contributed by atoms with E-state index in [2.05, 4.69) is 29.3 Å². The van der Waals surface area contributed by atoms with Crippen molar-refractivity contribution in [2.45, 2.75) is 38.4 Å². The van der Waals surface area contributed by atoms with Gasteiger partial charge >= 0.3 is 0 Å². The monoisotopic (exact) mass is 222 g/mol. The molecule has 0 aromatic carbocycles. The van der Waals surface area contributed by atoms with E-state index in [-0.39, 0.29) is 0 Å². The highest BCUT2D eigenvalue weighted by molar-refractivity contribution is 4.83. The lowest BCUT2D eigenvalue weighted by atomic mass is 10.0. The molecule has 1 N–H and O–H groups in total. The Labute approximate surface area is 97.6 Å². The third-order valence-electron chi connectivity index (χ3n) is 3.49. The zero-order chi connectivity index (χ0) is 11.4. The van der Waals surface area contributed by atoms with Crippen molar-refractivity contribution in [3.8, 4) is 0 Å². The Kier molecular flexibility index (Phi) is 3.96. The zero-order valence-electron chi connectivity index (χ0n) is 10.3. The highest BCUT2D eigenvalue weighted by atomic mass is 15.3. The van der Waals surface area contributed by atoms with Crippen LogP contribution < -0.4 is 5.32 Å². The Balaban J connectivity index is 1.86. The first kappa shape index (κ1) is 11.6. The number of nitrogens with zero attached hydrogens (tertiary/aromatic N) is 3. The second kappa shape index (κ2) is 5.46. The van der Waals surface area contributed by atoms with E-state index in [1.807, 2.05) is 23.1 Å². The van der Waals surface area contributed by atoms with E-state index in [1.165, 1.54) is 25.9 Å². The molecule has 4 heteroatoms. The van der Waals surface area contributed by atoms with Gasteiger partial charge in [0.25, 0.3) is 0 Å². The van der Waals surface area contributed by atoms with Crippen molar-refractivity contribution in [3.63, 3.8) is 0 Å². The van der Waals surface area contributed by atoms with Crippen LogP contribution in [0.25, 0.3) is 0 Å². The predicted octanol–water partition coefficient (Wildman–Crippen LogP) is 0.955. The summed E-state index contributed by atoms with van der Waals surface area (Å²) in [4.78, 5) is 2.56. The highest BCUT2D eigenvalue weighted by Crippen LogP contribution is 2.13. The summed E-state index contributed by atoms with van der Waals surface area (Å²) in [6.07, 6.45) is 6.49. The highest BCUT2D eigenvalue weighted by Gasteiger charge is 2.22. The van der Waals surface area contributed by atoms with Crippen LogP contribution in [0, 0.1) is 0 Å². The molecule has 1 aliphatic heterocycles. The molecule has 1 saturated heterocycles. The number of hydrogen-bond acceptors (Lipinski definition) is 3. The van der Waals surface area contributed by atoms with Gasteiger partial charge in [0.2, 0.25) is 0 Å². The summed E-state index contributed by atoms with van der Waals surface area (Å²) in [6, 6.07) is 3.21. The molecule has 1 fully saturated rings. The first-order chi connectivity index (χ1) is 7.79. The van der Waals surface area contributed by atoms with E-state index in [4.69, 9.17) is 0 Å². The van der Waals surface area contributed by atoms with Gasteiger partial charge in [0, 0.05) is 31.0 Å². The SMILES string of the molecule is CNC1CCCN(C(C)Cn2cccn2)C1. The summed E-state index contributed by atoms with van der Waals surface area (Å²) >= 11 is 0. The third kappa shape index (κ3) is 2.83. The van der Waals surface area contributed by atoms with Crippen LogP contribution in [0.2, 0.25) is 0 Å². The summed E-state index contributed by atoms with van der Waals surface area (Å²) in [5.41, 5.74) is 0. The van der Waals surface area contributed by atoms with Crippen molar-refractivity contribution in [1.29, 1.82) is 0 Å². The first-order valence-electron chi connectivity index (χ1n) is 6.18. The van der Waals surface area contributed by atoms with Gasteiger partial charge in [0.1, 0.15) is 0 Å². The van der Waals surface area contributed by atoms with Gasteiger partial charge in [0.15, 0.2) is 0 Å². The summed E-state index contributed by atoms with van der Waals surface area (Å²) < 4.78 is 2.02. The molecule has 2 unspecified atom stereocenters. The maximum atomic E-state index is 4.26. The lowest BCUT2D eigenvalue weighted by Gasteiger charge is -2.36. The quantitative estimate of drug-likeness (QED) is 0.823. The van der Waals surface area contributed by atoms with Crippen molar-refractivity contribution in [1.82, 2.24) is 20.0 Å². The van der Waals surface area contributed by atoms with Crippen molar-refractivity contribution < 1.29 is 0 Å². The number of likely N-dealkylation sites (tertiary alicyclic amines) is 1. The fraction of sp³-hybridized carbons (Fsp3) is 0.750. The summed E-state index contributed by atoms with van der Waals surface area (Å²) in [5.74, 6) is 0. The van der Waals surface area contributed by atoms with Gasteiger partial charge in [-0.15, -0.1) is 0 Å². The molecule has 1 aromatic rings. The van der Waals surface area contributed by atoms with Crippen LogP contribution in [0.3, 0.4) is 0 Å². The molecular formula is C12H22N4. The molecule has 2 atom stereocenters. The summed E-state index contributed by atoms with van der Waals surface area (Å²) in [5, 5.41) is 7.65. The largest absolute Gasteiger partial charge is 0.316 e. The Morgan fingerprint density at radius 2 is 2.44 bits per heavy atom. The molecule has 0 spiro atoms. The van der Waals surface area contributed by atoms with E-state index >= 15 is 0 Å². The molecule has 0 amide bonds. The second-order valence-corrected chi connectivity index (χ2v) is 4.70. The second-order valence-electron chi connectivity index (χ2n) is 4.70. The van der Waals surface area contributed by atoms with Gasteiger partial charge in [-0.05, 0) is 39.4 Å². The molecule has 0 aliphatic carbocycles. The smallest absolute Gasteiger partial charge is 0.0562 e. The third-order valence-corrected chi connectivity index (χ3v) is 3.49. The van der Waals surface area contributed by atoms with Crippen LogP contribution in [0.4, 0.5) is 0 Å². The number of likely N-dealkylation sites (N-methyl/N-ethyl adjacent to an activating group) is 1. The van der Waals surface area contributed by atoms with Crippen LogP contribution in [-0.2, 0) is 6.54 Å². The molecule has 2 rings (SSSR count). The van der Waals surface area contributed by atoms with Gasteiger partial charge < -0.3 is 5.32 Å². The van der Waals surface area contributed by atoms with Crippen LogP contribution >= 0.6 is 0 Å². The Bertz CT molecular complexity index is 296. The lowest BCUT2D eigenvalue weighted by Crippen LogP contribution is -2.49. The first-order valence-corrected chi connectivity index (χ1v) is 6.18. The normalized spacial score (nSPS) is 24.5. The molecule has 2 heterocycles. The summed E-state index contributed by atoms with van der Waals surface area (Å²) in [7, 11) is 2.06. The van der Waals surface area contributed by atoms with Gasteiger partial charge in [0.05, 0.1) is 6.54 Å². The van der Waals surface area contributed by atoms with E-state index in [0.29, 0.717) is 12.1 Å². The number of hydrogen-bond donors (Lipinski definition) is 1. The van der Waals surface area contributed by atoms with Crippen LogP contribution in [0.5, 0.6) is 0 Å². The van der Waals surface area contributed by atoms with E-state index < -0.39 is 0 Å². The molecule has 4 nitrogen and oxygen atoms in total. The van der Waals surface area contributed by atoms with Gasteiger partial charge in [-0.1, -0.05) is 0 Å². The summed E-state index contributed by atoms with van der Waals surface area (Å²) in [6.45, 7) is 5.67. The fourth-order valence-corrected chi connectivity index (χ4v) is 2.44. The molecule has 1 aromatic heterocycles. The average Bonchev–Trinajstić information content (AvgIpc) is 2.82. The average molecular weight is 222 g/mol. The Morgan fingerprint density at radius 3 is 3.12 bits per heavy atom. The van der Waals surface area contributed by atoms with E-state index in [0.717, 1.165) is 6.54 Å². The van der Waals surface area contributed by atoms with Crippen LogP contribution in [0.1, 0.15) is 19.8 Å². The lowest BCUT2D eigenvalue weighted by molar-refractivity contribution is 0.134. The van der Waals surface area contributed by atoms with E-state index in [9.17, 15) is 0 Å². The number of rotatable bonds is 4. The van der Waals surface area contributed by atoms with Crippen molar-refractivity contribution in [3.05, 3.63) is 18.5 Å². The number of piperidine rings is 1. The number of aromatic nitrogens is 2. The molecule has 0 saturated carbocycles. The maximum absolute atomic E-state index is 4.26. The van der Waals surface area contributed by atoms with Crippen LogP contribution in [-0.4, -0.2) is 46.9 Å². The van der Waals surface area contributed by atoms with Crippen molar-refractivity contribution >= 4 is 0 Å². The Morgan fingerprint density at radius 1 is 1.56 bits per heavy atom. The van der Waals surface area contributed by atoms with E-state index in [1.54, 1.807) is 0 Å². The molecular weight excluding hydrogens is 200 g/mol. The Hall–Kier alpha value is -0.870. The van der Waals surface area contributed by atoms with Crippen molar-refractivity contribution in [2.75, 3.05) is 20.1 Å². The van der Waals surface area contributed by atoms with Gasteiger partial charge in [-0.3, -0.25) is 9.58 Å². The molecule has 0 radical (unpaired) electrons. The maximum Gasteiger partial charge on any atom is 0.0562 e. The topological polar surface area (TPSA) is 33.1 Å².